The van der Waals surface area contributed by atoms with Crippen LogP contribution in [0, 0.1) is 11.6 Å². The van der Waals surface area contributed by atoms with Gasteiger partial charge in [-0.2, -0.15) is 5.10 Å². The molecule has 2 rings (SSSR count). The highest BCUT2D eigenvalue weighted by atomic mass is 19.2. The number of hydrogen-bond acceptors (Lipinski definition) is 1. The minimum atomic E-state index is -0.862. The van der Waals surface area contributed by atoms with Crippen molar-refractivity contribution in [2.75, 3.05) is 0 Å². The topological polar surface area (TPSA) is 28.7 Å². The lowest BCUT2D eigenvalue weighted by atomic mass is 10.1. The second kappa shape index (κ2) is 3.04. The van der Waals surface area contributed by atoms with Gasteiger partial charge in [-0.05, 0) is 12.0 Å². The van der Waals surface area contributed by atoms with Gasteiger partial charge in [-0.3, -0.25) is 5.10 Å². The van der Waals surface area contributed by atoms with Gasteiger partial charge in [0.15, 0.2) is 11.6 Å². The summed E-state index contributed by atoms with van der Waals surface area (Å²) in [4.78, 5) is 0. The summed E-state index contributed by atoms with van der Waals surface area (Å²) in [7, 11) is 0. The molecule has 0 bridgehead atoms. The maximum Gasteiger partial charge on any atom is 0.161 e. The molecule has 0 aliphatic carbocycles. The largest absolute Gasteiger partial charge is 0.281 e. The summed E-state index contributed by atoms with van der Waals surface area (Å²) in [6.07, 6.45) is 0. The molecule has 2 aromatic rings. The number of fused-ring (bicyclic) bond motifs is 1. The first kappa shape index (κ1) is 9.12. The summed E-state index contributed by atoms with van der Waals surface area (Å²) >= 11 is 0. The molecule has 4 heteroatoms. The van der Waals surface area contributed by atoms with Crippen LogP contribution in [-0.2, 0) is 0 Å². The van der Waals surface area contributed by atoms with Crippen LogP contribution < -0.4 is 0 Å². The second-order valence-corrected chi connectivity index (χ2v) is 3.58. The third-order valence-corrected chi connectivity index (χ3v) is 2.20. The van der Waals surface area contributed by atoms with E-state index in [4.69, 9.17) is 0 Å². The molecule has 1 heterocycles. The molecule has 0 saturated carbocycles. The minimum Gasteiger partial charge on any atom is -0.281 e. The van der Waals surface area contributed by atoms with Gasteiger partial charge in [0, 0.05) is 17.1 Å². The zero-order chi connectivity index (χ0) is 10.3. The van der Waals surface area contributed by atoms with Crippen LogP contribution in [0.5, 0.6) is 0 Å². The van der Waals surface area contributed by atoms with Crippen molar-refractivity contribution < 1.29 is 8.78 Å². The summed E-state index contributed by atoms with van der Waals surface area (Å²) in [6, 6.07) is 2.29. The molecular formula is C10H10F2N2. The first-order chi connectivity index (χ1) is 6.59. The molecule has 2 nitrogen and oxygen atoms in total. The Morgan fingerprint density at radius 2 is 1.86 bits per heavy atom. The molecule has 0 amide bonds. The Morgan fingerprint density at radius 1 is 1.21 bits per heavy atom. The van der Waals surface area contributed by atoms with Gasteiger partial charge >= 0.3 is 0 Å². The molecule has 0 saturated heterocycles. The SMILES string of the molecule is CC(C)c1[nH]nc2cc(F)c(F)cc12. The number of nitrogens with one attached hydrogen (secondary N) is 1. The number of halogens is 2. The normalized spacial score (nSPS) is 11.5. The predicted octanol–water partition coefficient (Wildman–Crippen LogP) is 2.96. The van der Waals surface area contributed by atoms with E-state index >= 15 is 0 Å². The molecule has 14 heavy (non-hydrogen) atoms. The summed E-state index contributed by atoms with van der Waals surface area (Å²) in [5.41, 5.74) is 1.30. The summed E-state index contributed by atoms with van der Waals surface area (Å²) < 4.78 is 25.8. The lowest BCUT2D eigenvalue weighted by Crippen LogP contribution is -1.89. The van der Waals surface area contributed by atoms with E-state index in [9.17, 15) is 8.78 Å². The molecular weight excluding hydrogens is 186 g/mol. The van der Waals surface area contributed by atoms with Gasteiger partial charge in [-0.1, -0.05) is 13.8 Å². The van der Waals surface area contributed by atoms with Gasteiger partial charge in [-0.25, -0.2) is 8.78 Å². The molecule has 0 radical (unpaired) electrons. The third-order valence-electron chi connectivity index (χ3n) is 2.20. The van der Waals surface area contributed by atoms with E-state index in [0.717, 1.165) is 11.8 Å². The fourth-order valence-electron chi connectivity index (χ4n) is 1.47. The monoisotopic (exact) mass is 196 g/mol. The number of rotatable bonds is 1. The van der Waals surface area contributed by atoms with Crippen molar-refractivity contribution in [2.24, 2.45) is 0 Å². The van der Waals surface area contributed by atoms with Crippen LogP contribution in [-0.4, -0.2) is 10.2 Å². The number of aromatic nitrogens is 2. The van der Waals surface area contributed by atoms with Crippen LogP contribution in [0.3, 0.4) is 0 Å². The number of benzene rings is 1. The fraction of sp³-hybridized carbons (Fsp3) is 0.300. The number of hydrogen-bond donors (Lipinski definition) is 1. The Bertz CT molecular complexity index is 474. The number of H-pyrrole nitrogens is 1. The highest BCUT2D eigenvalue weighted by Gasteiger charge is 2.12. The fourth-order valence-corrected chi connectivity index (χ4v) is 1.47. The van der Waals surface area contributed by atoms with Crippen molar-refractivity contribution >= 4 is 10.9 Å². The Morgan fingerprint density at radius 3 is 2.50 bits per heavy atom. The summed E-state index contributed by atoms with van der Waals surface area (Å²) in [5, 5.41) is 7.35. The highest BCUT2D eigenvalue weighted by molar-refractivity contribution is 5.81. The second-order valence-electron chi connectivity index (χ2n) is 3.58. The van der Waals surface area contributed by atoms with Crippen LogP contribution >= 0.6 is 0 Å². The van der Waals surface area contributed by atoms with E-state index < -0.39 is 11.6 Å². The number of aromatic amines is 1. The van der Waals surface area contributed by atoms with Crippen LogP contribution in [0.25, 0.3) is 10.9 Å². The average molecular weight is 196 g/mol. The Balaban J connectivity index is 2.74. The van der Waals surface area contributed by atoms with Gasteiger partial charge in [0.1, 0.15) is 0 Å². The average Bonchev–Trinajstić information content (AvgIpc) is 2.48. The summed E-state index contributed by atoms with van der Waals surface area (Å²) in [5.74, 6) is -1.48. The Hall–Kier alpha value is -1.45. The molecule has 0 aliphatic rings. The van der Waals surface area contributed by atoms with Gasteiger partial charge in [0.2, 0.25) is 0 Å². The van der Waals surface area contributed by atoms with Crippen LogP contribution in [0.2, 0.25) is 0 Å². The van der Waals surface area contributed by atoms with Gasteiger partial charge in [0.25, 0.3) is 0 Å². The van der Waals surface area contributed by atoms with Gasteiger partial charge in [-0.15, -0.1) is 0 Å². The van der Waals surface area contributed by atoms with E-state index in [-0.39, 0.29) is 5.92 Å². The lowest BCUT2D eigenvalue weighted by Gasteiger charge is -2.01. The molecule has 1 aromatic heterocycles. The zero-order valence-corrected chi connectivity index (χ0v) is 7.94. The van der Waals surface area contributed by atoms with E-state index in [0.29, 0.717) is 10.9 Å². The van der Waals surface area contributed by atoms with Crippen molar-refractivity contribution in [3.05, 3.63) is 29.5 Å². The van der Waals surface area contributed by atoms with Crippen molar-refractivity contribution in [1.29, 1.82) is 0 Å². The van der Waals surface area contributed by atoms with Crippen LogP contribution in [0.15, 0.2) is 12.1 Å². The van der Waals surface area contributed by atoms with E-state index in [2.05, 4.69) is 10.2 Å². The molecule has 1 aromatic carbocycles. The lowest BCUT2D eigenvalue weighted by molar-refractivity contribution is 0.510. The third kappa shape index (κ3) is 1.27. The Kier molecular flexibility index (Phi) is 1.98. The highest BCUT2D eigenvalue weighted by Crippen LogP contribution is 2.24. The van der Waals surface area contributed by atoms with E-state index in [1.807, 2.05) is 13.8 Å². The van der Waals surface area contributed by atoms with Crippen LogP contribution in [0.1, 0.15) is 25.5 Å². The molecule has 0 fully saturated rings. The zero-order valence-electron chi connectivity index (χ0n) is 7.94. The molecule has 0 aliphatic heterocycles. The Labute approximate surface area is 79.9 Å². The van der Waals surface area contributed by atoms with Crippen LogP contribution in [0.4, 0.5) is 8.78 Å². The quantitative estimate of drug-likeness (QED) is 0.746. The molecule has 0 atom stereocenters. The van der Waals surface area contributed by atoms with Crippen molar-refractivity contribution in [3.63, 3.8) is 0 Å². The maximum absolute atomic E-state index is 13.0. The summed E-state index contributed by atoms with van der Waals surface area (Å²) in [6.45, 7) is 3.93. The van der Waals surface area contributed by atoms with Crippen molar-refractivity contribution in [2.45, 2.75) is 19.8 Å². The number of nitrogens with zero attached hydrogens (tertiary/aromatic N) is 1. The standard InChI is InChI=1S/C10H10F2N2/c1-5(2)10-6-3-7(11)8(12)4-9(6)13-14-10/h3-5H,1-2H3,(H,13,14). The molecule has 0 spiro atoms. The van der Waals surface area contributed by atoms with Gasteiger partial charge < -0.3 is 0 Å². The smallest absolute Gasteiger partial charge is 0.161 e. The molecule has 0 unspecified atom stereocenters. The predicted molar refractivity (Wildman–Crippen MR) is 50.1 cm³/mol. The molecule has 74 valence electrons. The first-order valence-electron chi connectivity index (χ1n) is 4.42. The molecule has 1 N–H and O–H groups in total. The van der Waals surface area contributed by atoms with Crippen molar-refractivity contribution in [1.82, 2.24) is 10.2 Å². The minimum absolute atomic E-state index is 0.213. The van der Waals surface area contributed by atoms with E-state index in [1.54, 1.807) is 0 Å². The van der Waals surface area contributed by atoms with Gasteiger partial charge in [0.05, 0.1) is 5.52 Å². The first-order valence-corrected chi connectivity index (χ1v) is 4.42. The maximum atomic E-state index is 13.0. The van der Waals surface area contributed by atoms with E-state index in [1.165, 1.54) is 6.07 Å². The van der Waals surface area contributed by atoms with Crippen molar-refractivity contribution in [3.8, 4) is 0 Å².